The second-order valence-corrected chi connectivity index (χ2v) is 6.54. The largest absolute Gasteiger partial charge is 0.459 e. The number of carbonyl (C=O) groups is 3. The normalized spacial score (nSPS) is 20.2. The number of nitrogens with zero attached hydrogens (tertiary/aromatic N) is 2. The lowest BCUT2D eigenvalue weighted by Crippen LogP contribution is -2.52. The van der Waals surface area contributed by atoms with Crippen LogP contribution in [0, 0.1) is 0 Å². The van der Waals surface area contributed by atoms with E-state index in [2.05, 4.69) is 5.32 Å². The molecule has 142 valence electrons. The highest BCUT2D eigenvalue weighted by Gasteiger charge is 2.31. The minimum absolute atomic E-state index is 0.0511. The average Bonchev–Trinajstić information content (AvgIpc) is 3.38. The predicted octanol–water partition coefficient (Wildman–Crippen LogP) is 0.639. The lowest BCUT2D eigenvalue weighted by Gasteiger charge is -2.35. The maximum Gasteiger partial charge on any atom is 0.286 e. The first-order valence-corrected chi connectivity index (χ1v) is 9.15. The zero-order chi connectivity index (χ0) is 18.4. The van der Waals surface area contributed by atoms with E-state index in [0.717, 1.165) is 12.8 Å². The number of hydrogen-bond donors (Lipinski definition) is 1. The van der Waals surface area contributed by atoms with Crippen molar-refractivity contribution in [3.8, 4) is 0 Å². The third kappa shape index (κ3) is 4.63. The van der Waals surface area contributed by atoms with Crippen LogP contribution in [0.2, 0.25) is 0 Å². The average molecular weight is 363 g/mol. The molecule has 3 rings (SSSR count). The van der Waals surface area contributed by atoms with Gasteiger partial charge in [0.15, 0.2) is 5.76 Å². The molecule has 3 amide bonds. The Balaban J connectivity index is 1.32. The van der Waals surface area contributed by atoms with E-state index in [1.165, 1.54) is 6.26 Å². The molecule has 0 spiro atoms. The summed E-state index contributed by atoms with van der Waals surface area (Å²) in [5.74, 6) is 0.101. The van der Waals surface area contributed by atoms with Crippen molar-refractivity contribution >= 4 is 17.7 Å². The lowest BCUT2D eigenvalue weighted by molar-refractivity contribution is -0.146. The van der Waals surface area contributed by atoms with Crippen molar-refractivity contribution in [2.75, 3.05) is 39.3 Å². The Morgan fingerprint density at radius 3 is 2.58 bits per heavy atom. The molecule has 1 aromatic heterocycles. The number of nitrogens with one attached hydrogen (secondary N) is 1. The third-order valence-corrected chi connectivity index (χ3v) is 4.75. The first-order chi connectivity index (χ1) is 12.6. The van der Waals surface area contributed by atoms with Gasteiger partial charge in [-0.2, -0.15) is 0 Å². The molecule has 0 bridgehead atoms. The lowest BCUT2D eigenvalue weighted by atomic mass is 10.2. The Morgan fingerprint density at radius 2 is 1.92 bits per heavy atom. The van der Waals surface area contributed by atoms with Gasteiger partial charge >= 0.3 is 0 Å². The molecule has 0 aliphatic carbocycles. The van der Waals surface area contributed by atoms with Crippen LogP contribution in [0.15, 0.2) is 22.8 Å². The summed E-state index contributed by atoms with van der Waals surface area (Å²) in [6, 6.07) is 3.25. The number of furan rings is 1. The van der Waals surface area contributed by atoms with Crippen LogP contribution in [-0.4, -0.2) is 73.0 Å². The van der Waals surface area contributed by atoms with Gasteiger partial charge in [-0.3, -0.25) is 14.4 Å². The zero-order valence-electron chi connectivity index (χ0n) is 14.8. The summed E-state index contributed by atoms with van der Waals surface area (Å²) in [5.41, 5.74) is 0. The van der Waals surface area contributed by atoms with E-state index in [-0.39, 0.29) is 29.6 Å². The van der Waals surface area contributed by atoms with Crippen LogP contribution in [0.4, 0.5) is 0 Å². The maximum atomic E-state index is 12.3. The molecular weight excluding hydrogens is 338 g/mol. The van der Waals surface area contributed by atoms with Crippen LogP contribution in [0.1, 0.15) is 36.2 Å². The molecule has 8 heteroatoms. The highest BCUT2D eigenvalue weighted by molar-refractivity contribution is 5.91. The zero-order valence-corrected chi connectivity index (χ0v) is 14.8. The number of rotatable bonds is 6. The van der Waals surface area contributed by atoms with Crippen molar-refractivity contribution in [2.45, 2.75) is 31.8 Å². The fraction of sp³-hybridized carbons (Fsp3) is 0.611. The molecule has 1 unspecified atom stereocenters. The Kier molecular flexibility index (Phi) is 6.27. The first kappa shape index (κ1) is 18.4. The smallest absolute Gasteiger partial charge is 0.286 e. The fourth-order valence-corrected chi connectivity index (χ4v) is 3.25. The standard InChI is InChI=1S/C18H25N3O5/c22-16(6-1-7-19-17(23)14-4-2-12-25-14)20-8-10-21(11-9-20)18(24)15-5-3-13-26-15/h2,4,12,15H,1,3,5-11,13H2,(H,19,23). The van der Waals surface area contributed by atoms with Crippen molar-refractivity contribution in [1.82, 2.24) is 15.1 Å². The SMILES string of the molecule is O=C(NCCCC(=O)N1CCN(C(=O)C2CCCO2)CC1)c1ccco1. The highest BCUT2D eigenvalue weighted by atomic mass is 16.5. The molecule has 0 aromatic carbocycles. The van der Waals surface area contributed by atoms with Crippen LogP contribution in [0.25, 0.3) is 0 Å². The molecule has 2 saturated heterocycles. The quantitative estimate of drug-likeness (QED) is 0.749. The Morgan fingerprint density at radius 1 is 1.15 bits per heavy atom. The molecule has 1 N–H and O–H groups in total. The van der Waals surface area contributed by atoms with Gasteiger partial charge in [-0.05, 0) is 31.4 Å². The summed E-state index contributed by atoms with van der Waals surface area (Å²) in [6.07, 6.45) is 3.82. The molecular formula is C18H25N3O5. The number of ether oxygens (including phenoxy) is 1. The molecule has 2 fully saturated rings. The van der Waals surface area contributed by atoms with E-state index in [9.17, 15) is 14.4 Å². The third-order valence-electron chi connectivity index (χ3n) is 4.75. The number of carbonyl (C=O) groups excluding carboxylic acids is 3. The predicted molar refractivity (Wildman–Crippen MR) is 92.4 cm³/mol. The number of hydrogen-bond acceptors (Lipinski definition) is 5. The number of piperazine rings is 1. The molecule has 1 aromatic rings. The molecule has 8 nitrogen and oxygen atoms in total. The van der Waals surface area contributed by atoms with Crippen LogP contribution in [0.3, 0.4) is 0 Å². The summed E-state index contributed by atoms with van der Waals surface area (Å²) in [4.78, 5) is 39.9. The van der Waals surface area contributed by atoms with E-state index >= 15 is 0 Å². The fourth-order valence-electron chi connectivity index (χ4n) is 3.25. The second-order valence-electron chi connectivity index (χ2n) is 6.54. The van der Waals surface area contributed by atoms with E-state index in [1.807, 2.05) is 0 Å². The first-order valence-electron chi connectivity index (χ1n) is 9.15. The summed E-state index contributed by atoms with van der Waals surface area (Å²) in [7, 11) is 0. The Hall–Kier alpha value is -2.35. The van der Waals surface area contributed by atoms with Crippen LogP contribution in [-0.2, 0) is 14.3 Å². The molecule has 0 saturated carbocycles. The van der Waals surface area contributed by atoms with Crippen molar-refractivity contribution < 1.29 is 23.5 Å². The summed E-state index contributed by atoms with van der Waals surface area (Å²) >= 11 is 0. The van der Waals surface area contributed by atoms with Gasteiger partial charge in [0, 0.05) is 45.8 Å². The summed E-state index contributed by atoms with van der Waals surface area (Å²) in [6.45, 7) is 3.29. The molecule has 3 heterocycles. The molecule has 2 aliphatic heterocycles. The summed E-state index contributed by atoms with van der Waals surface area (Å²) < 4.78 is 10.4. The van der Waals surface area contributed by atoms with Crippen molar-refractivity contribution in [1.29, 1.82) is 0 Å². The highest BCUT2D eigenvalue weighted by Crippen LogP contribution is 2.16. The minimum atomic E-state index is -0.296. The Bertz CT molecular complexity index is 617. The van der Waals surface area contributed by atoms with E-state index in [1.54, 1.807) is 21.9 Å². The molecule has 0 radical (unpaired) electrons. The maximum absolute atomic E-state index is 12.3. The van der Waals surface area contributed by atoms with Crippen molar-refractivity contribution in [2.24, 2.45) is 0 Å². The topological polar surface area (TPSA) is 92.1 Å². The van der Waals surface area contributed by atoms with Gasteiger partial charge in [-0.1, -0.05) is 0 Å². The molecule has 1 atom stereocenters. The second kappa shape index (κ2) is 8.84. The van der Waals surface area contributed by atoms with Crippen LogP contribution < -0.4 is 5.32 Å². The van der Waals surface area contributed by atoms with Gasteiger partial charge in [0.1, 0.15) is 6.10 Å². The van der Waals surface area contributed by atoms with Crippen molar-refractivity contribution in [3.63, 3.8) is 0 Å². The van der Waals surface area contributed by atoms with Gasteiger partial charge in [0.25, 0.3) is 11.8 Å². The van der Waals surface area contributed by atoms with E-state index in [4.69, 9.17) is 9.15 Å². The van der Waals surface area contributed by atoms with Gasteiger partial charge < -0.3 is 24.3 Å². The van der Waals surface area contributed by atoms with Crippen LogP contribution >= 0.6 is 0 Å². The van der Waals surface area contributed by atoms with Gasteiger partial charge in [0.2, 0.25) is 5.91 Å². The minimum Gasteiger partial charge on any atom is -0.459 e. The monoisotopic (exact) mass is 363 g/mol. The van der Waals surface area contributed by atoms with E-state index in [0.29, 0.717) is 52.2 Å². The molecule has 26 heavy (non-hydrogen) atoms. The van der Waals surface area contributed by atoms with Crippen LogP contribution in [0.5, 0.6) is 0 Å². The number of amides is 3. The summed E-state index contributed by atoms with van der Waals surface area (Å²) in [5, 5.41) is 2.73. The van der Waals surface area contributed by atoms with Gasteiger partial charge in [-0.25, -0.2) is 0 Å². The van der Waals surface area contributed by atoms with Gasteiger partial charge in [-0.15, -0.1) is 0 Å². The molecule has 2 aliphatic rings. The van der Waals surface area contributed by atoms with Gasteiger partial charge in [0.05, 0.1) is 6.26 Å². The Labute approximate surface area is 152 Å². The van der Waals surface area contributed by atoms with E-state index < -0.39 is 0 Å². The van der Waals surface area contributed by atoms with Crippen molar-refractivity contribution in [3.05, 3.63) is 24.2 Å².